The lowest BCUT2D eigenvalue weighted by Gasteiger charge is -2.18. The van der Waals surface area contributed by atoms with Crippen LogP contribution in [0.2, 0.25) is 0 Å². The van der Waals surface area contributed by atoms with Crippen LogP contribution in [0.15, 0.2) is 24.3 Å². The number of esters is 3. The largest absolute Gasteiger partial charge is 0.462 e. The van der Waals surface area contributed by atoms with E-state index in [9.17, 15) is 14.4 Å². The first-order valence-electron chi connectivity index (χ1n) is 26.3. The molecule has 0 rings (SSSR count). The summed E-state index contributed by atoms with van der Waals surface area (Å²) in [6.45, 7) is 6.61. The third kappa shape index (κ3) is 46.9. The minimum atomic E-state index is -0.770. The van der Waals surface area contributed by atoms with Crippen molar-refractivity contribution in [2.45, 2.75) is 290 Å². The van der Waals surface area contributed by atoms with Crippen molar-refractivity contribution >= 4 is 17.9 Å². The monoisotopic (exact) mass is 845 g/mol. The lowest BCUT2D eigenvalue weighted by atomic mass is 10.1. The van der Waals surface area contributed by atoms with Crippen molar-refractivity contribution in [1.29, 1.82) is 0 Å². The first-order chi connectivity index (χ1) is 29.5. The fourth-order valence-electron chi connectivity index (χ4n) is 7.67. The van der Waals surface area contributed by atoms with Crippen molar-refractivity contribution in [3.05, 3.63) is 24.3 Å². The Morgan fingerprint density at radius 2 is 0.550 bits per heavy atom. The van der Waals surface area contributed by atoms with Crippen molar-refractivity contribution in [3.63, 3.8) is 0 Å². The Morgan fingerprint density at radius 1 is 0.317 bits per heavy atom. The number of unbranched alkanes of at least 4 members (excludes halogenated alkanes) is 33. The van der Waals surface area contributed by atoms with Crippen LogP contribution in [-0.4, -0.2) is 37.2 Å². The highest BCUT2D eigenvalue weighted by molar-refractivity contribution is 5.71. The number of allylic oxidation sites excluding steroid dienone is 4. The zero-order chi connectivity index (χ0) is 43.7. The molecule has 0 amide bonds. The van der Waals surface area contributed by atoms with Crippen LogP contribution in [0.3, 0.4) is 0 Å². The van der Waals surface area contributed by atoms with Gasteiger partial charge in [-0.25, -0.2) is 0 Å². The Kier molecular flexibility index (Phi) is 47.8. The number of carbonyl (C=O) groups excluding carboxylic acids is 3. The van der Waals surface area contributed by atoms with Crippen molar-refractivity contribution in [3.8, 4) is 0 Å². The number of carbonyl (C=O) groups is 3. The number of hydrogen-bond donors (Lipinski definition) is 0. The zero-order valence-electron chi connectivity index (χ0n) is 40.2. The molecule has 0 N–H and O–H groups in total. The van der Waals surface area contributed by atoms with E-state index in [1.54, 1.807) is 0 Å². The standard InChI is InChI=1S/C54H100O6/c1-4-7-10-13-16-18-20-22-24-26-27-28-30-31-33-35-38-41-44-47-53(56)59-50-51(49-58-52(55)46-43-40-37-15-12-9-6-3)60-54(57)48-45-42-39-36-34-32-29-25-23-21-19-17-14-11-8-5-2/h22,24-25,29,51H,4-21,23,26-28,30-50H2,1-3H3/b24-22-,29-25-. The number of rotatable bonds is 48. The Morgan fingerprint density at radius 3 is 0.833 bits per heavy atom. The predicted octanol–water partition coefficient (Wildman–Crippen LogP) is 17.2. The lowest BCUT2D eigenvalue weighted by molar-refractivity contribution is -0.167. The van der Waals surface area contributed by atoms with Crippen LogP contribution < -0.4 is 0 Å². The molecule has 60 heavy (non-hydrogen) atoms. The second-order valence-electron chi connectivity index (χ2n) is 17.8. The first kappa shape index (κ1) is 57.9. The maximum atomic E-state index is 12.8. The third-order valence-electron chi connectivity index (χ3n) is 11.7. The maximum Gasteiger partial charge on any atom is 0.306 e. The molecule has 6 heteroatoms. The van der Waals surface area contributed by atoms with Gasteiger partial charge in [0.25, 0.3) is 0 Å². The zero-order valence-corrected chi connectivity index (χ0v) is 40.2. The second-order valence-corrected chi connectivity index (χ2v) is 17.8. The van der Waals surface area contributed by atoms with Gasteiger partial charge in [0, 0.05) is 19.3 Å². The van der Waals surface area contributed by atoms with Gasteiger partial charge in [-0.05, 0) is 70.6 Å². The van der Waals surface area contributed by atoms with Gasteiger partial charge in [0.15, 0.2) is 6.10 Å². The highest BCUT2D eigenvalue weighted by Crippen LogP contribution is 2.15. The van der Waals surface area contributed by atoms with E-state index in [2.05, 4.69) is 45.1 Å². The van der Waals surface area contributed by atoms with Crippen LogP contribution in [0.1, 0.15) is 284 Å². The van der Waals surface area contributed by atoms with E-state index in [1.807, 2.05) is 0 Å². The number of hydrogen-bond acceptors (Lipinski definition) is 6. The Hall–Kier alpha value is -2.11. The van der Waals surface area contributed by atoms with E-state index in [0.717, 1.165) is 64.2 Å². The van der Waals surface area contributed by atoms with Crippen LogP contribution >= 0.6 is 0 Å². The molecular weight excluding hydrogens is 745 g/mol. The second kappa shape index (κ2) is 49.5. The number of ether oxygens (including phenoxy) is 3. The van der Waals surface area contributed by atoms with Gasteiger partial charge < -0.3 is 14.2 Å². The summed E-state index contributed by atoms with van der Waals surface area (Å²) in [5.74, 6) is -0.878. The molecule has 0 aliphatic rings. The molecule has 0 aromatic carbocycles. The molecule has 352 valence electrons. The molecule has 0 radical (unpaired) electrons. The third-order valence-corrected chi connectivity index (χ3v) is 11.7. The Bertz CT molecular complexity index is 973. The highest BCUT2D eigenvalue weighted by atomic mass is 16.6. The molecule has 0 heterocycles. The highest BCUT2D eigenvalue weighted by Gasteiger charge is 2.19. The SMILES string of the molecule is CCCCCCCC/C=C\CCCCCCCCCCCC(=O)OCC(COC(=O)CCCCCCCCC)OC(=O)CCCCCCC/C=C\CCCCCCCCC. The fourth-order valence-corrected chi connectivity index (χ4v) is 7.67. The van der Waals surface area contributed by atoms with Crippen molar-refractivity contribution in [1.82, 2.24) is 0 Å². The molecule has 0 spiro atoms. The Labute approximate surface area is 373 Å². The lowest BCUT2D eigenvalue weighted by Crippen LogP contribution is -2.30. The van der Waals surface area contributed by atoms with E-state index in [-0.39, 0.29) is 31.1 Å². The molecule has 1 atom stereocenters. The molecule has 0 saturated heterocycles. The van der Waals surface area contributed by atoms with Crippen molar-refractivity contribution < 1.29 is 28.6 Å². The molecule has 0 aromatic rings. The topological polar surface area (TPSA) is 78.9 Å². The van der Waals surface area contributed by atoms with E-state index in [1.165, 1.54) is 180 Å². The normalized spacial score (nSPS) is 12.1. The summed E-state index contributed by atoms with van der Waals surface area (Å²) in [7, 11) is 0. The van der Waals surface area contributed by atoms with E-state index < -0.39 is 6.10 Å². The predicted molar refractivity (Wildman–Crippen MR) is 256 cm³/mol. The summed E-state index contributed by atoms with van der Waals surface area (Å²) < 4.78 is 16.7. The molecule has 0 aromatic heterocycles. The van der Waals surface area contributed by atoms with Crippen molar-refractivity contribution in [2.75, 3.05) is 13.2 Å². The quantitative estimate of drug-likeness (QED) is 0.0263. The summed E-state index contributed by atoms with van der Waals surface area (Å²) in [6.07, 6.45) is 56.1. The van der Waals surface area contributed by atoms with Crippen molar-refractivity contribution in [2.24, 2.45) is 0 Å². The minimum absolute atomic E-state index is 0.0726. The maximum absolute atomic E-state index is 12.8. The molecular formula is C54H100O6. The molecule has 6 nitrogen and oxygen atoms in total. The van der Waals surface area contributed by atoms with Gasteiger partial charge in [-0.2, -0.15) is 0 Å². The summed E-state index contributed by atoms with van der Waals surface area (Å²) in [5, 5.41) is 0. The van der Waals surface area contributed by atoms with Crippen LogP contribution in [-0.2, 0) is 28.6 Å². The average Bonchev–Trinajstić information content (AvgIpc) is 3.24. The minimum Gasteiger partial charge on any atom is -0.462 e. The summed E-state index contributed by atoms with van der Waals surface area (Å²) in [6, 6.07) is 0. The van der Waals surface area contributed by atoms with Crippen LogP contribution in [0.5, 0.6) is 0 Å². The van der Waals surface area contributed by atoms with E-state index >= 15 is 0 Å². The summed E-state index contributed by atoms with van der Waals surface area (Å²) >= 11 is 0. The fraction of sp³-hybridized carbons (Fsp3) is 0.870. The average molecular weight is 845 g/mol. The smallest absolute Gasteiger partial charge is 0.306 e. The van der Waals surface area contributed by atoms with Gasteiger partial charge in [0.05, 0.1) is 0 Å². The van der Waals surface area contributed by atoms with E-state index in [4.69, 9.17) is 14.2 Å². The van der Waals surface area contributed by atoms with Gasteiger partial charge >= 0.3 is 17.9 Å². The molecule has 0 bridgehead atoms. The first-order valence-corrected chi connectivity index (χ1v) is 26.3. The molecule has 0 fully saturated rings. The van der Waals surface area contributed by atoms with Gasteiger partial charge in [-0.1, -0.05) is 218 Å². The van der Waals surface area contributed by atoms with E-state index in [0.29, 0.717) is 19.3 Å². The molecule has 0 aliphatic heterocycles. The van der Waals surface area contributed by atoms with Gasteiger partial charge in [0.1, 0.15) is 13.2 Å². The molecule has 0 aliphatic carbocycles. The van der Waals surface area contributed by atoms with Crippen LogP contribution in [0.25, 0.3) is 0 Å². The van der Waals surface area contributed by atoms with Gasteiger partial charge in [-0.15, -0.1) is 0 Å². The van der Waals surface area contributed by atoms with Gasteiger partial charge in [-0.3, -0.25) is 14.4 Å². The van der Waals surface area contributed by atoms with Crippen LogP contribution in [0, 0.1) is 0 Å². The Balaban J connectivity index is 4.22. The van der Waals surface area contributed by atoms with Crippen LogP contribution in [0.4, 0.5) is 0 Å². The summed E-state index contributed by atoms with van der Waals surface area (Å²) in [4.78, 5) is 37.8. The summed E-state index contributed by atoms with van der Waals surface area (Å²) in [5.41, 5.74) is 0. The molecule has 1 unspecified atom stereocenters. The van der Waals surface area contributed by atoms with Gasteiger partial charge in [0.2, 0.25) is 0 Å². The molecule has 0 saturated carbocycles.